The molecule has 2 nitrogen and oxygen atoms in total. The molecule has 1 amide bonds. The molecule has 1 aromatic carbocycles. The van der Waals surface area contributed by atoms with Gasteiger partial charge < -0.3 is 5.32 Å². The number of hydrogen-bond acceptors (Lipinski definition) is 1. The van der Waals surface area contributed by atoms with Crippen LogP contribution in [-0.4, -0.2) is 17.3 Å². The van der Waals surface area contributed by atoms with Crippen molar-refractivity contribution in [1.29, 1.82) is 0 Å². The Labute approximate surface area is 123 Å². The van der Waals surface area contributed by atoms with E-state index in [4.69, 9.17) is 0 Å². The molecule has 0 aliphatic heterocycles. The van der Waals surface area contributed by atoms with E-state index in [1.165, 1.54) is 0 Å². The fourth-order valence-electron chi connectivity index (χ4n) is 2.36. The number of rotatable bonds is 3. The quantitative estimate of drug-likeness (QED) is 0.652. The van der Waals surface area contributed by atoms with Gasteiger partial charge in [0.15, 0.2) is 17.5 Å². The maximum Gasteiger partial charge on any atom is 0.254 e. The summed E-state index contributed by atoms with van der Waals surface area (Å²) in [5, 5.41) is 2.59. The van der Waals surface area contributed by atoms with Crippen LogP contribution in [0.4, 0.5) is 13.2 Å². The molecule has 1 saturated carbocycles. The Morgan fingerprint density at radius 3 is 2.45 bits per heavy atom. The molecular formula is C14H15BrF3NO. The Bertz CT molecular complexity index is 501. The maximum atomic E-state index is 13.4. The minimum absolute atomic E-state index is 0.348. The fourth-order valence-corrected chi connectivity index (χ4v) is 2.89. The Hall–Kier alpha value is -1.04. The summed E-state index contributed by atoms with van der Waals surface area (Å²) in [7, 11) is 0. The van der Waals surface area contributed by atoms with Crippen LogP contribution in [0.15, 0.2) is 12.1 Å². The molecule has 1 aromatic rings. The Kier molecular flexibility index (Phi) is 5.07. The number of alkyl halides is 1. The van der Waals surface area contributed by atoms with Gasteiger partial charge in [-0.15, -0.1) is 0 Å². The average molecular weight is 350 g/mol. The molecule has 0 atom stereocenters. The summed E-state index contributed by atoms with van der Waals surface area (Å²) >= 11 is 3.54. The third-order valence-electron chi connectivity index (χ3n) is 3.61. The lowest BCUT2D eigenvalue weighted by Crippen LogP contribution is -2.32. The second-order valence-electron chi connectivity index (χ2n) is 5.05. The predicted octanol–water partition coefficient (Wildman–Crippen LogP) is 3.79. The van der Waals surface area contributed by atoms with Gasteiger partial charge in [0.1, 0.15) is 0 Å². The Balaban J connectivity index is 1.94. The normalized spacial score (nSPS) is 22.6. The van der Waals surface area contributed by atoms with E-state index in [0.29, 0.717) is 17.3 Å². The molecule has 0 spiro atoms. The van der Waals surface area contributed by atoms with Gasteiger partial charge in [0.05, 0.1) is 5.56 Å². The summed E-state index contributed by atoms with van der Waals surface area (Å²) in [5.41, 5.74) is -0.460. The second kappa shape index (κ2) is 6.61. The molecular weight excluding hydrogens is 335 g/mol. The molecule has 0 saturated heterocycles. The fraction of sp³-hybridized carbons (Fsp3) is 0.500. The summed E-state index contributed by atoms with van der Waals surface area (Å²) in [6.07, 6.45) is 4.05. The monoisotopic (exact) mass is 349 g/mol. The lowest BCUT2D eigenvalue weighted by atomic mass is 9.89. The van der Waals surface area contributed by atoms with Crippen LogP contribution in [-0.2, 0) is 0 Å². The molecule has 6 heteroatoms. The summed E-state index contributed by atoms with van der Waals surface area (Å²) < 4.78 is 39.3. The molecule has 20 heavy (non-hydrogen) atoms. The smallest absolute Gasteiger partial charge is 0.254 e. The summed E-state index contributed by atoms with van der Waals surface area (Å²) in [5.74, 6) is -4.71. The maximum absolute atomic E-state index is 13.4. The van der Waals surface area contributed by atoms with Crippen LogP contribution in [0.3, 0.4) is 0 Å². The van der Waals surface area contributed by atoms with Crippen LogP contribution >= 0.6 is 15.9 Å². The van der Waals surface area contributed by atoms with Crippen molar-refractivity contribution < 1.29 is 18.0 Å². The van der Waals surface area contributed by atoms with Crippen LogP contribution in [0.25, 0.3) is 0 Å². The third kappa shape index (κ3) is 3.53. The largest absolute Gasteiger partial charge is 0.352 e. The lowest BCUT2D eigenvalue weighted by Gasteiger charge is -2.25. The van der Waals surface area contributed by atoms with Gasteiger partial charge in [-0.25, -0.2) is 13.2 Å². The molecule has 110 valence electrons. The van der Waals surface area contributed by atoms with Gasteiger partial charge in [-0.2, -0.15) is 0 Å². The van der Waals surface area contributed by atoms with Crippen LogP contribution in [0, 0.1) is 23.4 Å². The number of nitrogens with one attached hydrogen (secondary N) is 1. The molecule has 0 bridgehead atoms. The van der Waals surface area contributed by atoms with E-state index in [9.17, 15) is 18.0 Å². The Morgan fingerprint density at radius 2 is 1.80 bits per heavy atom. The van der Waals surface area contributed by atoms with Gasteiger partial charge in [-0.3, -0.25) is 4.79 Å². The average Bonchev–Trinajstić information content (AvgIpc) is 2.44. The first-order valence-corrected chi connectivity index (χ1v) is 7.46. The number of halogens is 4. The van der Waals surface area contributed by atoms with E-state index in [2.05, 4.69) is 21.2 Å². The standard InChI is InChI=1S/C14H15BrF3NO/c15-9-3-1-8(2-4-9)7-19-14(20)10-5-6-11(16)13(18)12(10)17/h5-6,8-9H,1-4,7H2,(H,19,20). The zero-order valence-electron chi connectivity index (χ0n) is 10.8. The van der Waals surface area contributed by atoms with Crippen molar-refractivity contribution in [1.82, 2.24) is 5.32 Å². The number of carbonyl (C=O) groups excluding carboxylic acids is 1. The highest BCUT2D eigenvalue weighted by Crippen LogP contribution is 2.28. The number of benzene rings is 1. The first kappa shape index (κ1) is 15.4. The second-order valence-corrected chi connectivity index (χ2v) is 6.35. The Morgan fingerprint density at radius 1 is 1.15 bits per heavy atom. The molecule has 0 radical (unpaired) electrons. The van der Waals surface area contributed by atoms with Gasteiger partial charge in [0, 0.05) is 11.4 Å². The van der Waals surface area contributed by atoms with E-state index in [0.717, 1.165) is 37.8 Å². The summed E-state index contributed by atoms with van der Waals surface area (Å²) in [6.45, 7) is 0.428. The molecule has 2 rings (SSSR count). The van der Waals surface area contributed by atoms with Crippen molar-refractivity contribution >= 4 is 21.8 Å². The summed E-state index contributed by atoms with van der Waals surface area (Å²) in [6, 6.07) is 1.71. The van der Waals surface area contributed by atoms with Gasteiger partial charge in [-0.1, -0.05) is 15.9 Å². The number of hydrogen-bond donors (Lipinski definition) is 1. The third-order valence-corrected chi connectivity index (χ3v) is 4.52. The minimum atomic E-state index is -1.61. The number of carbonyl (C=O) groups is 1. The van der Waals surface area contributed by atoms with Crippen molar-refractivity contribution in [3.63, 3.8) is 0 Å². The number of amides is 1. The highest BCUT2D eigenvalue weighted by Gasteiger charge is 2.22. The zero-order valence-corrected chi connectivity index (χ0v) is 12.4. The first-order chi connectivity index (χ1) is 9.49. The van der Waals surface area contributed by atoms with E-state index in [-0.39, 0.29) is 0 Å². The van der Waals surface area contributed by atoms with Crippen molar-refractivity contribution in [3.8, 4) is 0 Å². The molecule has 0 unspecified atom stereocenters. The lowest BCUT2D eigenvalue weighted by molar-refractivity contribution is 0.0938. The molecule has 1 fully saturated rings. The van der Waals surface area contributed by atoms with Crippen molar-refractivity contribution in [2.24, 2.45) is 5.92 Å². The van der Waals surface area contributed by atoms with Gasteiger partial charge in [-0.05, 0) is 43.7 Å². The van der Waals surface area contributed by atoms with Gasteiger partial charge >= 0.3 is 0 Å². The van der Waals surface area contributed by atoms with Crippen LogP contribution < -0.4 is 5.32 Å². The van der Waals surface area contributed by atoms with E-state index in [1.54, 1.807) is 0 Å². The minimum Gasteiger partial charge on any atom is -0.352 e. The van der Waals surface area contributed by atoms with E-state index in [1.807, 2.05) is 0 Å². The zero-order chi connectivity index (χ0) is 14.7. The highest BCUT2D eigenvalue weighted by molar-refractivity contribution is 9.09. The predicted molar refractivity (Wildman–Crippen MR) is 73.3 cm³/mol. The van der Waals surface area contributed by atoms with Gasteiger partial charge in [0.25, 0.3) is 5.91 Å². The van der Waals surface area contributed by atoms with Crippen molar-refractivity contribution in [3.05, 3.63) is 35.1 Å². The SMILES string of the molecule is O=C(NCC1CCC(Br)CC1)c1ccc(F)c(F)c1F. The van der Waals surface area contributed by atoms with E-state index < -0.39 is 28.9 Å². The molecule has 1 N–H and O–H groups in total. The molecule has 0 heterocycles. The molecule has 1 aliphatic carbocycles. The van der Waals surface area contributed by atoms with Crippen LogP contribution in [0.1, 0.15) is 36.0 Å². The first-order valence-electron chi connectivity index (χ1n) is 6.54. The van der Waals surface area contributed by atoms with Crippen LogP contribution in [0.2, 0.25) is 0 Å². The highest BCUT2D eigenvalue weighted by atomic mass is 79.9. The van der Waals surface area contributed by atoms with Gasteiger partial charge in [0.2, 0.25) is 0 Å². The molecule has 0 aromatic heterocycles. The topological polar surface area (TPSA) is 29.1 Å². The van der Waals surface area contributed by atoms with Crippen molar-refractivity contribution in [2.75, 3.05) is 6.54 Å². The summed E-state index contributed by atoms with van der Waals surface area (Å²) in [4.78, 5) is 12.3. The van der Waals surface area contributed by atoms with E-state index >= 15 is 0 Å². The van der Waals surface area contributed by atoms with Crippen LogP contribution in [0.5, 0.6) is 0 Å². The van der Waals surface area contributed by atoms with Crippen molar-refractivity contribution in [2.45, 2.75) is 30.5 Å². The molecule has 1 aliphatic rings.